The molecule has 2 rings (SSSR count). The number of likely N-dealkylation sites (tertiary alicyclic amines) is 1. The van der Waals surface area contributed by atoms with Gasteiger partial charge in [0.25, 0.3) is 5.91 Å². The maximum absolute atomic E-state index is 12.1. The van der Waals surface area contributed by atoms with Crippen LogP contribution >= 0.6 is 0 Å². The molecule has 114 valence electrons. The van der Waals surface area contributed by atoms with Gasteiger partial charge in [0.05, 0.1) is 0 Å². The Morgan fingerprint density at radius 1 is 1.33 bits per heavy atom. The zero-order chi connectivity index (χ0) is 15.5. The second-order valence-corrected chi connectivity index (χ2v) is 5.76. The van der Waals surface area contributed by atoms with Crippen LogP contribution in [0, 0.1) is 5.41 Å². The molecule has 0 aliphatic carbocycles. The summed E-state index contributed by atoms with van der Waals surface area (Å²) in [5.74, 6) is -0.00366. The molecule has 21 heavy (non-hydrogen) atoms. The highest BCUT2D eigenvalue weighted by molar-refractivity contribution is 5.92. The van der Waals surface area contributed by atoms with Crippen molar-refractivity contribution >= 4 is 11.8 Å². The maximum Gasteiger partial charge on any atom is 0.260 e. The van der Waals surface area contributed by atoms with Gasteiger partial charge in [-0.3, -0.25) is 9.59 Å². The first-order valence-electron chi connectivity index (χ1n) is 6.94. The minimum Gasteiger partial charge on any atom is -0.484 e. The van der Waals surface area contributed by atoms with E-state index >= 15 is 0 Å². The van der Waals surface area contributed by atoms with E-state index in [2.05, 4.69) is 6.92 Å². The van der Waals surface area contributed by atoms with Crippen molar-refractivity contribution in [3.05, 3.63) is 29.8 Å². The zero-order valence-corrected chi connectivity index (χ0v) is 12.2. The zero-order valence-electron chi connectivity index (χ0n) is 12.2. The highest BCUT2D eigenvalue weighted by atomic mass is 16.5. The second kappa shape index (κ2) is 6.13. The van der Waals surface area contributed by atoms with E-state index in [1.807, 2.05) is 0 Å². The lowest BCUT2D eigenvalue weighted by Crippen LogP contribution is -2.36. The van der Waals surface area contributed by atoms with E-state index in [1.54, 1.807) is 29.2 Å². The minimum atomic E-state index is -0.490. The number of carbonyl (C=O) groups excluding carboxylic acids is 2. The predicted octanol–water partition coefficient (Wildman–Crippen LogP) is 0.362. The van der Waals surface area contributed by atoms with Gasteiger partial charge in [0.2, 0.25) is 5.91 Å². The highest BCUT2D eigenvalue weighted by Gasteiger charge is 2.34. The lowest BCUT2D eigenvalue weighted by Gasteiger charge is -2.22. The van der Waals surface area contributed by atoms with Crippen molar-refractivity contribution in [1.29, 1.82) is 0 Å². The van der Waals surface area contributed by atoms with Gasteiger partial charge in [-0.15, -0.1) is 0 Å². The van der Waals surface area contributed by atoms with E-state index in [9.17, 15) is 9.59 Å². The Kier molecular flexibility index (Phi) is 4.47. The van der Waals surface area contributed by atoms with E-state index in [0.717, 1.165) is 13.0 Å². The van der Waals surface area contributed by atoms with Gasteiger partial charge in [0, 0.05) is 18.7 Å². The molecule has 4 N–H and O–H groups in total. The fourth-order valence-electron chi connectivity index (χ4n) is 2.36. The molecule has 0 bridgehead atoms. The quantitative estimate of drug-likeness (QED) is 0.818. The van der Waals surface area contributed by atoms with E-state index in [1.165, 1.54) is 0 Å². The van der Waals surface area contributed by atoms with Gasteiger partial charge in [-0.25, -0.2) is 0 Å². The number of benzene rings is 1. The average Bonchev–Trinajstić information content (AvgIpc) is 2.88. The molecule has 6 heteroatoms. The number of hydrogen-bond acceptors (Lipinski definition) is 4. The monoisotopic (exact) mass is 291 g/mol. The average molecular weight is 291 g/mol. The molecule has 1 heterocycles. The van der Waals surface area contributed by atoms with Crippen LogP contribution in [-0.2, 0) is 4.79 Å². The molecule has 1 saturated heterocycles. The summed E-state index contributed by atoms with van der Waals surface area (Å²) >= 11 is 0. The number of nitrogens with two attached hydrogens (primary N) is 2. The molecule has 6 nitrogen and oxygen atoms in total. The number of hydrogen-bond donors (Lipinski definition) is 2. The Balaban J connectivity index is 1.86. The van der Waals surface area contributed by atoms with Crippen molar-refractivity contribution < 1.29 is 14.3 Å². The molecule has 1 aromatic rings. The summed E-state index contributed by atoms with van der Waals surface area (Å²) in [6.45, 7) is 4.04. The standard InChI is InChI=1S/C15H21N3O3/c1-15(9-16)6-7-18(10-15)13(19)8-21-12-4-2-11(3-5-12)14(17)20/h2-5H,6-10,16H2,1H3,(H2,17,20). The molecule has 1 aromatic carbocycles. The van der Waals surface area contributed by atoms with Crippen LogP contribution in [-0.4, -0.2) is 43.0 Å². The Morgan fingerprint density at radius 3 is 2.52 bits per heavy atom. The van der Waals surface area contributed by atoms with Gasteiger partial charge in [-0.2, -0.15) is 0 Å². The van der Waals surface area contributed by atoms with E-state index in [-0.39, 0.29) is 17.9 Å². The Labute approximate surface area is 124 Å². The van der Waals surface area contributed by atoms with E-state index in [4.69, 9.17) is 16.2 Å². The van der Waals surface area contributed by atoms with Crippen LogP contribution in [0.15, 0.2) is 24.3 Å². The number of ether oxygens (including phenoxy) is 1. The second-order valence-electron chi connectivity index (χ2n) is 5.76. The minimum absolute atomic E-state index is 0.0127. The maximum atomic E-state index is 12.1. The van der Waals surface area contributed by atoms with Crippen molar-refractivity contribution in [2.45, 2.75) is 13.3 Å². The fraction of sp³-hybridized carbons (Fsp3) is 0.467. The lowest BCUT2D eigenvalue weighted by molar-refractivity contribution is -0.132. The summed E-state index contributed by atoms with van der Waals surface area (Å²) < 4.78 is 5.44. The molecule has 1 aliphatic heterocycles. The Hall–Kier alpha value is -2.08. The topological polar surface area (TPSA) is 98.7 Å². The third-order valence-corrected chi connectivity index (χ3v) is 3.90. The fourth-order valence-corrected chi connectivity index (χ4v) is 2.36. The number of carbonyl (C=O) groups is 2. The van der Waals surface area contributed by atoms with Crippen LogP contribution in [0.5, 0.6) is 5.75 Å². The SMILES string of the molecule is CC1(CN)CCN(C(=O)COc2ccc(C(N)=O)cc2)C1. The molecule has 0 saturated carbocycles. The van der Waals surface area contributed by atoms with Gasteiger partial charge >= 0.3 is 0 Å². The molecule has 1 fully saturated rings. The highest BCUT2D eigenvalue weighted by Crippen LogP contribution is 2.28. The van der Waals surface area contributed by atoms with Crippen LogP contribution < -0.4 is 16.2 Å². The molecule has 1 aliphatic rings. The lowest BCUT2D eigenvalue weighted by atomic mass is 9.90. The number of primary amides is 1. The first-order chi connectivity index (χ1) is 9.93. The summed E-state index contributed by atoms with van der Waals surface area (Å²) in [5, 5.41) is 0. The van der Waals surface area contributed by atoms with Gasteiger partial charge in [-0.05, 0) is 42.6 Å². The molecule has 0 aromatic heterocycles. The summed E-state index contributed by atoms with van der Waals surface area (Å²) in [6.07, 6.45) is 0.919. The van der Waals surface area contributed by atoms with Crippen LogP contribution in [0.25, 0.3) is 0 Å². The molecular formula is C15H21N3O3. The van der Waals surface area contributed by atoms with Crippen LogP contribution in [0.2, 0.25) is 0 Å². The molecular weight excluding hydrogens is 270 g/mol. The van der Waals surface area contributed by atoms with Crippen molar-refractivity contribution in [3.8, 4) is 5.75 Å². The summed E-state index contributed by atoms with van der Waals surface area (Å²) in [4.78, 5) is 24.8. The van der Waals surface area contributed by atoms with Crippen molar-refractivity contribution in [1.82, 2.24) is 4.90 Å². The third kappa shape index (κ3) is 3.72. The molecule has 1 atom stereocenters. The van der Waals surface area contributed by atoms with Crippen LogP contribution in [0.4, 0.5) is 0 Å². The molecule has 0 spiro atoms. The summed E-state index contributed by atoms with van der Waals surface area (Å²) in [5.41, 5.74) is 11.3. The number of amides is 2. The van der Waals surface area contributed by atoms with Crippen molar-refractivity contribution in [3.63, 3.8) is 0 Å². The molecule has 1 unspecified atom stereocenters. The Morgan fingerprint density at radius 2 is 2.00 bits per heavy atom. The van der Waals surface area contributed by atoms with Gasteiger partial charge in [0.15, 0.2) is 6.61 Å². The van der Waals surface area contributed by atoms with Gasteiger partial charge in [-0.1, -0.05) is 6.92 Å². The molecule has 0 radical (unpaired) electrons. The smallest absolute Gasteiger partial charge is 0.260 e. The van der Waals surface area contributed by atoms with Gasteiger partial charge in [0.1, 0.15) is 5.75 Å². The summed E-state index contributed by atoms with van der Waals surface area (Å²) in [6, 6.07) is 6.40. The van der Waals surface area contributed by atoms with Crippen LogP contribution in [0.1, 0.15) is 23.7 Å². The largest absolute Gasteiger partial charge is 0.484 e. The first-order valence-corrected chi connectivity index (χ1v) is 6.94. The van der Waals surface area contributed by atoms with Gasteiger partial charge < -0.3 is 21.1 Å². The number of nitrogens with zero attached hydrogens (tertiary/aromatic N) is 1. The normalized spacial score (nSPS) is 21.3. The van der Waals surface area contributed by atoms with E-state index < -0.39 is 5.91 Å². The summed E-state index contributed by atoms with van der Waals surface area (Å²) in [7, 11) is 0. The Bertz CT molecular complexity index is 529. The van der Waals surface area contributed by atoms with Crippen molar-refractivity contribution in [2.24, 2.45) is 16.9 Å². The van der Waals surface area contributed by atoms with Crippen molar-refractivity contribution in [2.75, 3.05) is 26.2 Å². The third-order valence-electron chi connectivity index (χ3n) is 3.90. The van der Waals surface area contributed by atoms with Crippen LogP contribution in [0.3, 0.4) is 0 Å². The number of rotatable bonds is 5. The molecule has 2 amide bonds. The predicted molar refractivity (Wildman–Crippen MR) is 78.8 cm³/mol. The van der Waals surface area contributed by atoms with E-state index in [0.29, 0.717) is 24.4 Å². The first kappa shape index (κ1) is 15.3.